The second-order valence-corrected chi connectivity index (χ2v) is 7.97. The van der Waals surface area contributed by atoms with Crippen LogP contribution in [0.1, 0.15) is 17.3 Å². The molecule has 1 aromatic heterocycles. The molecule has 3 aromatic rings. The van der Waals surface area contributed by atoms with Crippen LogP contribution in [0.5, 0.6) is 0 Å². The molecule has 172 valence electrons. The van der Waals surface area contributed by atoms with Crippen LogP contribution in [0.25, 0.3) is 11.4 Å². The van der Waals surface area contributed by atoms with Gasteiger partial charge in [0.1, 0.15) is 11.6 Å². The molecule has 0 fully saturated rings. The van der Waals surface area contributed by atoms with Gasteiger partial charge in [-0.3, -0.25) is 9.59 Å². The van der Waals surface area contributed by atoms with Crippen LogP contribution in [-0.2, 0) is 4.79 Å². The molecule has 0 saturated carbocycles. The SMILES string of the molecule is CSc1ccccc1C(=O)NCCNc1cc(NCCNC(C)=O)nc(-c2ccccc2)n1. The van der Waals surface area contributed by atoms with Gasteiger partial charge in [0.2, 0.25) is 5.91 Å². The molecule has 0 spiro atoms. The molecule has 33 heavy (non-hydrogen) atoms. The minimum absolute atomic E-state index is 0.0750. The van der Waals surface area contributed by atoms with E-state index in [1.807, 2.05) is 66.9 Å². The van der Waals surface area contributed by atoms with Crippen molar-refractivity contribution in [1.82, 2.24) is 20.6 Å². The van der Waals surface area contributed by atoms with Crippen LogP contribution in [0.3, 0.4) is 0 Å². The van der Waals surface area contributed by atoms with Crippen molar-refractivity contribution in [3.8, 4) is 11.4 Å². The predicted octanol–water partition coefficient (Wildman–Crippen LogP) is 3.26. The standard InChI is InChI=1S/C24H28N6O2S/c1-17(31)25-12-13-26-21-16-22(30-23(29-21)18-8-4-3-5-9-18)27-14-15-28-24(32)19-10-6-7-11-20(19)33-2/h3-11,16H,12-15H2,1-2H3,(H,25,31)(H,28,32)(H2,26,27,29,30). The van der Waals surface area contributed by atoms with Crippen molar-refractivity contribution < 1.29 is 9.59 Å². The average Bonchev–Trinajstić information content (AvgIpc) is 2.84. The first kappa shape index (κ1) is 24.1. The van der Waals surface area contributed by atoms with Crippen LogP contribution < -0.4 is 21.3 Å². The number of carbonyl (C=O) groups is 2. The lowest BCUT2D eigenvalue weighted by Crippen LogP contribution is -2.29. The van der Waals surface area contributed by atoms with E-state index in [1.165, 1.54) is 6.92 Å². The number of benzene rings is 2. The third kappa shape index (κ3) is 7.50. The molecule has 0 aliphatic rings. The van der Waals surface area contributed by atoms with Crippen LogP contribution in [0.2, 0.25) is 0 Å². The number of aromatic nitrogens is 2. The van der Waals surface area contributed by atoms with E-state index in [-0.39, 0.29) is 11.8 Å². The summed E-state index contributed by atoms with van der Waals surface area (Å²) < 4.78 is 0. The maximum absolute atomic E-state index is 12.5. The van der Waals surface area contributed by atoms with Gasteiger partial charge in [-0.15, -0.1) is 11.8 Å². The van der Waals surface area contributed by atoms with E-state index < -0.39 is 0 Å². The third-order valence-corrected chi connectivity index (χ3v) is 5.43. The Morgan fingerprint density at radius 2 is 1.42 bits per heavy atom. The second kappa shape index (κ2) is 12.4. The van der Waals surface area contributed by atoms with Crippen molar-refractivity contribution in [3.05, 3.63) is 66.2 Å². The Hall–Kier alpha value is -3.59. The summed E-state index contributed by atoms with van der Waals surface area (Å²) in [5.74, 6) is 1.70. The molecule has 0 radical (unpaired) electrons. The van der Waals surface area contributed by atoms with E-state index in [0.29, 0.717) is 49.2 Å². The molecule has 3 rings (SSSR count). The number of hydrogen-bond acceptors (Lipinski definition) is 7. The minimum atomic E-state index is -0.102. The number of carbonyl (C=O) groups excluding carboxylic acids is 2. The molecule has 0 atom stereocenters. The van der Waals surface area contributed by atoms with E-state index in [9.17, 15) is 9.59 Å². The van der Waals surface area contributed by atoms with E-state index in [1.54, 1.807) is 11.8 Å². The highest BCUT2D eigenvalue weighted by Gasteiger charge is 2.10. The summed E-state index contributed by atoms with van der Waals surface area (Å²) in [6.07, 6.45) is 1.95. The van der Waals surface area contributed by atoms with Crippen LogP contribution in [0.4, 0.5) is 11.6 Å². The first-order valence-electron chi connectivity index (χ1n) is 10.6. The highest BCUT2D eigenvalue weighted by atomic mass is 32.2. The van der Waals surface area contributed by atoms with E-state index >= 15 is 0 Å². The minimum Gasteiger partial charge on any atom is -0.368 e. The summed E-state index contributed by atoms with van der Waals surface area (Å²) in [7, 11) is 0. The zero-order chi connectivity index (χ0) is 23.5. The maximum Gasteiger partial charge on any atom is 0.252 e. The molecule has 0 saturated heterocycles. The summed E-state index contributed by atoms with van der Waals surface area (Å²) in [6, 6.07) is 19.1. The molecule has 4 N–H and O–H groups in total. The first-order valence-corrected chi connectivity index (χ1v) is 11.9. The fourth-order valence-corrected chi connectivity index (χ4v) is 3.66. The topological polar surface area (TPSA) is 108 Å². The van der Waals surface area contributed by atoms with Gasteiger partial charge in [0.15, 0.2) is 5.82 Å². The van der Waals surface area contributed by atoms with E-state index in [4.69, 9.17) is 0 Å². The van der Waals surface area contributed by atoms with Gasteiger partial charge in [-0.05, 0) is 18.4 Å². The first-order chi connectivity index (χ1) is 16.1. The van der Waals surface area contributed by atoms with Crippen LogP contribution in [0.15, 0.2) is 65.6 Å². The van der Waals surface area contributed by atoms with E-state index in [0.717, 1.165) is 10.5 Å². The summed E-state index contributed by atoms with van der Waals surface area (Å²) in [6.45, 7) is 3.46. The zero-order valence-corrected chi connectivity index (χ0v) is 19.5. The monoisotopic (exact) mass is 464 g/mol. The number of nitrogens with one attached hydrogen (secondary N) is 4. The lowest BCUT2D eigenvalue weighted by molar-refractivity contribution is -0.118. The summed E-state index contributed by atoms with van der Waals surface area (Å²) in [5.41, 5.74) is 1.57. The maximum atomic E-state index is 12.5. The number of thioether (sulfide) groups is 1. The van der Waals surface area contributed by atoms with Crippen LogP contribution in [-0.4, -0.2) is 54.2 Å². The van der Waals surface area contributed by atoms with Gasteiger partial charge in [0.05, 0.1) is 5.56 Å². The van der Waals surface area contributed by atoms with Crippen molar-refractivity contribution in [1.29, 1.82) is 0 Å². The Labute approximate surface area is 198 Å². The molecule has 0 unspecified atom stereocenters. The molecule has 2 aromatic carbocycles. The van der Waals surface area contributed by atoms with Crippen LogP contribution >= 0.6 is 11.8 Å². The summed E-state index contributed by atoms with van der Waals surface area (Å²) >= 11 is 1.55. The Kier molecular flexibility index (Phi) is 9.08. The third-order valence-electron chi connectivity index (χ3n) is 4.63. The lowest BCUT2D eigenvalue weighted by atomic mass is 10.2. The van der Waals surface area contributed by atoms with Crippen molar-refractivity contribution in [2.45, 2.75) is 11.8 Å². The zero-order valence-electron chi connectivity index (χ0n) is 18.7. The van der Waals surface area contributed by atoms with E-state index in [2.05, 4.69) is 31.2 Å². The van der Waals surface area contributed by atoms with Gasteiger partial charge in [0.25, 0.3) is 5.91 Å². The Morgan fingerprint density at radius 3 is 2.06 bits per heavy atom. The molecule has 1 heterocycles. The van der Waals surface area contributed by atoms with Gasteiger partial charge >= 0.3 is 0 Å². The number of hydrogen-bond donors (Lipinski definition) is 4. The molecular weight excluding hydrogens is 436 g/mol. The molecule has 2 amide bonds. The second-order valence-electron chi connectivity index (χ2n) is 7.12. The largest absolute Gasteiger partial charge is 0.368 e. The van der Waals surface area contributed by atoms with Gasteiger partial charge in [-0.2, -0.15) is 0 Å². The fraction of sp³-hybridized carbons (Fsp3) is 0.250. The summed E-state index contributed by atoms with van der Waals surface area (Å²) in [5, 5.41) is 12.2. The van der Waals surface area contributed by atoms with Crippen molar-refractivity contribution in [2.24, 2.45) is 0 Å². The Morgan fingerprint density at radius 1 is 0.818 bits per heavy atom. The molecule has 9 heteroatoms. The van der Waals surface area contributed by atoms with Gasteiger partial charge in [0, 0.05) is 49.6 Å². The van der Waals surface area contributed by atoms with Crippen LogP contribution in [0, 0.1) is 0 Å². The predicted molar refractivity (Wildman–Crippen MR) is 134 cm³/mol. The number of rotatable bonds is 11. The smallest absolute Gasteiger partial charge is 0.252 e. The molecule has 0 aliphatic heterocycles. The normalized spacial score (nSPS) is 10.4. The molecule has 0 aliphatic carbocycles. The van der Waals surface area contributed by atoms with Crippen molar-refractivity contribution in [2.75, 3.05) is 43.1 Å². The van der Waals surface area contributed by atoms with Crippen molar-refractivity contribution in [3.63, 3.8) is 0 Å². The average molecular weight is 465 g/mol. The quantitative estimate of drug-likeness (QED) is 0.255. The Bertz CT molecular complexity index is 1080. The highest BCUT2D eigenvalue weighted by Crippen LogP contribution is 2.21. The lowest BCUT2D eigenvalue weighted by Gasteiger charge is -2.13. The Balaban J connectivity index is 1.62. The molecule has 8 nitrogen and oxygen atoms in total. The molecular formula is C24H28N6O2S. The number of amides is 2. The van der Waals surface area contributed by atoms with Gasteiger partial charge < -0.3 is 21.3 Å². The van der Waals surface area contributed by atoms with Gasteiger partial charge in [-0.25, -0.2) is 9.97 Å². The fourth-order valence-electron chi connectivity index (χ4n) is 3.07. The number of anilines is 2. The van der Waals surface area contributed by atoms with Gasteiger partial charge in [-0.1, -0.05) is 42.5 Å². The van der Waals surface area contributed by atoms with Crippen molar-refractivity contribution >= 4 is 35.2 Å². The summed E-state index contributed by atoms with van der Waals surface area (Å²) in [4.78, 5) is 33.7. The number of nitrogens with zero attached hydrogens (tertiary/aromatic N) is 2. The highest BCUT2D eigenvalue weighted by molar-refractivity contribution is 7.98. The molecule has 0 bridgehead atoms.